The molecular weight excluding hydrogens is 268 g/mol. The number of rotatable bonds is 3. The average Bonchev–Trinajstić information content (AvgIpc) is 3.01. The number of nitrogens with one attached hydrogen (secondary N) is 1. The summed E-state index contributed by atoms with van der Waals surface area (Å²) in [5, 5.41) is 3.53. The lowest BCUT2D eigenvalue weighted by atomic mass is 9.86. The summed E-state index contributed by atoms with van der Waals surface area (Å²) >= 11 is 0. The third-order valence-corrected chi connectivity index (χ3v) is 4.90. The molecule has 1 aromatic carbocycles. The van der Waals surface area contributed by atoms with Gasteiger partial charge in [0.15, 0.2) is 0 Å². The molecule has 2 fully saturated rings. The normalized spacial score (nSPS) is 26.4. The van der Waals surface area contributed by atoms with Crippen molar-refractivity contribution in [1.82, 2.24) is 10.2 Å². The number of hydrogen-bond donors (Lipinski definition) is 1. The first-order valence-electron chi connectivity index (χ1n) is 7.69. The van der Waals surface area contributed by atoms with E-state index in [9.17, 15) is 0 Å². The molecule has 1 aromatic rings. The Kier molecular flexibility index (Phi) is 5.11. The van der Waals surface area contributed by atoms with Gasteiger partial charge in [-0.1, -0.05) is 38.1 Å². The Morgan fingerprint density at radius 3 is 2.55 bits per heavy atom. The topological polar surface area (TPSA) is 15.3 Å². The lowest BCUT2D eigenvalue weighted by Gasteiger charge is -2.23. The van der Waals surface area contributed by atoms with Gasteiger partial charge in [-0.25, -0.2) is 0 Å². The van der Waals surface area contributed by atoms with Crippen LogP contribution in [0.4, 0.5) is 0 Å². The van der Waals surface area contributed by atoms with Crippen LogP contribution in [0.5, 0.6) is 0 Å². The molecule has 2 heterocycles. The van der Waals surface area contributed by atoms with Crippen LogP contribution >= 0.6 is 12.4 Å². The number of likely N-dealkylation sites (tertiary alicyclic amines) is 1. The highest BCUT2D eigenvalue weighted by Crippen LogP contribution is 2.36. The maximum Gasteiger partial charge on any atom is 0.0233 e. The van der Waals surface area contributed by atoms with E-state index in [0.717, 1.165) is 6.54 Å². The minimum absolute atomic E-state index is 0. The van der Waals surface area contributed by atoms with Crippen molar-refractivity contribution in [3.8, 4) is 0 Å². The van der Waals surface area contributed by atoms with Crippen molar-refractivity contribution in [2.75, 3.05) is 26.2 Å². The zero-order valence-corrected chi connectivity index (χ0v) is 13.5. The van der Waals surface area contributed by atoms with E-state index in [2.05, 4.69) is 48.3 Å². The lowest BCUT2D eigenvalue weighted by Crippen LogP contribution is -2.28. The van der Waals surface area contributed by atoms with Crippen LogP contribution in [-0.2, 0) is 6.54 Å². The number of benzene rings is 1. The van der Waals surface area contributed by atoms with E-state index >= 15 is 0 Å². The first-order chi connectivity index (χ1) is 9.17. The molecule has 2 saturated heterocycles. The predicted molar refractivity (Wildman–Crippen MR) is 87.6 cm³/mol. The van der Waals surface area contributed by atoms with Crippen LogP contribution in [0.25, 0.3) is 0 Å². The molecule has 0 aliphatic carbocycles. The van der Waals surface area contributed by atoms with Crippen molar-refractivity contribution in [2.24, 2.45) is 5.41 Å². The van der Waals surface area contributed by atoms with E-state index < -0.39 is 0 Å². The summed E-state index contributed by atoms with van der Waals surface area (Å²) in [6, 6.07) is 9.21. The van der Waals surface area contributed by atoms with Crippen molar-refractivity contribution in [2.45, 2.75) is 39.2 Å². The molecule has 2 aliphatic heterocycles. The quantitative estimate of drug-likeness (QED) is 0.919. The minimum Gasteiger partial charge on any atom is -0.316 e. The Morgan fingerprint density at radius 1 is 1.20 bits per heavy atom. The van der Waals surface area contributed by atoms with Crippen molar-refractivity contribution >= 4 is 12.4 Å². The summed E-state index contributed by atoms with van der Waals surface area (Å²) in [6.07, 6.45) is 2.75. The standard InChI is InChI=1S/C17H26N2.ClH/c1-14(2)16-5-3-15(4-6-16)11-19-10-8-17(13-19)7-9-18-12-17;/h3-6,14,18H,7-13H2,1-2H3;1H. The molecule has 3 heteroatoms. The van der Waals surface area contributed by atoms with Gasteiger partial charge in [-0.15, -0.1) is 12.4 Å². The molecule has 112 valence electrons. The van der Waals surface area contributed by atoms with Gasteiger partial charge in [0, 0.05) is 19.6 Å². The lowest BCUT2D eigenvalue weighted by molar-refractivity contribution is 0.268. The fourth-order valence-electron chi connectivity index (χ4n) is 3.57. The van der Waals surface area contributed by atoms with Gasteiger partial charge in [0.2, 0.25) is 0 Å². The van der Waals surface area contributed by atoms with Gasteiger partial charge in [0.25, 0.3) is 0 Å². The summed E-state index contributed by atoms with van der Waals surface area (Å²) in [5.74, 6) is 0.633. The van der Waals surface area contributed by atoms with Gasteiger partial charge < -0.3 is 5.32 Å². The van der Waals surface area contributed by atoms with Crippen molar-refractivity contribution in [1.29, 1.82) is 0 Å². The zero-order valence-electron chi connectivity index (χ0n) is 12.7. The molecule has 0 bridgehead atoms. The number of hydrogen-bond acceptors (Lipinski definition) is 2. The Morgan fingerprint density at radius 2 is 1.95 bits per heavy atom. The van der Waals surface area contributed by atoms with E-state index in [1.807, 2.05) is 0 Å². The van der Waals surface area contributed by atoms with Crippen LogP contribution < -0.4 is 5.32 Å². The summed E-state index contributed by atoms with van der Waals surface area (Å²) < 4.78 is 0. The van der Waals surface area contributed by atoms with Crippen LogP contribution in [0.15, 0.2) is 24.3 Å². The highest BCUT2D eigenvalue weighted by Gasteiger charge is 2.39. The largest absolute Gasteiger partial charge is 0.316 e. The molecule has 3 rings (SSSR count). The molecule has 1 spiro atoms. The van der Waals surface area contributed by atoms with Crippen LogP contribution in [0.2, 0.25) is 0 Å². The second kappa shape index (κ2) is 6.46. The molecule has 2 nitrogen and oxygen atoms in total. The van der Waals surface area contributed by atoms with Gasteiger partial charge in [-0.3, -0.25) is 4.90 Å². The van der Waals surface area contributed by atoms with Gasteiger partial charge in [0.05, 0.1) is 0 Å². The second-order valence-electron chi connectivity index (χ2n) is 6.78. The number of nitrogens with zero attached hydrogens (tertiary/aromatic N) is 1. The molecule has 20 heavy (non-hydrogen) atoms. The molecule has 0 amide bonds. The smallest absolute Gasteiger partial charge is 0.0233 e. The van der Waals surface area contributed by atoms with Gasteiger partial charge >= 0.3 is 0 Å². The van der Waals surface area contributed by atoms with E-state index in [-0.39, 0.29) is 12.4 Å². The second-order valence-corrected chi connectivity index (χ2v) is 6.78. The average molecular weight is 295 g/mol. The fraction of sp³-hybridized carbons (Fsp3) is 0.647. The van der Waals surface area contributed by atoms with Crippen molar-refractivity contribution in [3.63, 3.8) is 0 Å². The van der Waals surface area contributed by atoms with Crippen LogP contribution in [-0.4, -0.2) is 31.1 Å². The van der Waals surface area contributed by atoms with Crippen LogP contribution in [0.3, 0.4) is 0 Å². The maximum absolute atomic E-state index is 3.53. The van der Waals surface area contributed by atoms with E-state index in [0.29, 0.717) is 11.3 Å². The Labute approximate surface area is 129 Å². The van der Waals surface area contributed by atoms with Crippen LogP contribution in [0.1, 0.15) is 43.7 Å². The molecule has 0 aromatic heterocycles. The molecule has 0 saturated carbocycles. The first-order valence-corrected chi connectivity index (χ1v) is 7.69. The Balaban J connectivity index is 0.00000147. The van der Waals surface area contributed by atoms with Crippen molar-refractivity contribution < 1.29 is 0 Å². The summed E-state index contributed by atoms with van der Waals surface area (Å²) in [7, 11) is 0. The minimum atomic E-state index is 0. The predicted octanol–water partition coefficient (Wildman–Crippen LogP) is 3.42. The summed E-state index contributed by atoms with van der Waals surface area (Å²) in [6.45, 7) is 10.6. The first kappa shape index (κ1) is 15.8. The third kappa shape index (κ3) is 3.36. The zero-order chi connectivity index (χ0) is 13.3. The Bertz CT molecular complexity index is 421. The SMILES string of the molecule is CC(C)c1ccc(CN2CCC3(CCNC3)C2)cc1.Cl. The Hall–Kier alpha value is -0.570. The van der Waals surface area contributed by atoms with Gasteiger partial charge in [-0.2, -0.15) is 0 Å². The molecule has 1 atom stereocenters. The molecule has 1 unspecified atom stereocenters. The fourth-order valence-corrected chi connectivity index (χ4v) is 3.57. The summed E-state index contributed by atoms with van der Waals surface area (Å²) in [4.78, 5) is 2.64. The maximum atomic E-state index is 3.53. The summed E-state index contributed by atoms with van der Waals surface area (Å²) in [5.41, 5.74) is 3.51. The highest BCUT2D eigenvalue weighted by atomic mass is 35.5. The third-order valence-electron chi connectivity index (χ3n) is 4.90. The van der Waals surface area contributed by atoms with E-state index in [4.69, 9.17) is 0 Å². The molecule has 1 N–H and O–H groups in total. The van der Waals surface area contributed by atoms with Gasteiger partial charge in [0.1, 0.15) is 0 Å². The molecule has 2 aliphatic rings. The van der Waals surface area contributed by atoms with Gasteiger partial charge in [-0.05, 0) is 48.4 Å². The number of halogens is 1. The van der Waals surface area contributed by atoms with E-state index in [1.165, 1.54) is 50.1 Å². The van der Waals surface area contributed by atoms with Crippen molar-refractivity contribution in [3.05, 3.63) is 35.4 Å². The molecular formula is C17H27ClN2. The highest BCUT2D eigenvalue weighted by molar-refractivity contribution is 5.85. The van der Waals surface area contributed by atoms with Crippen LogP contribution in [0, 0.1) is 5.41 Å². The monoisotopic (exact) mass is 294 g/mol. The molecule has 0 radical (unpaired) electrons. The van der Waals surface area contributed by atoms with E-state index in [1.54, 1.807) is 0 Å².